The molecule has 1 amide bonds. The summed E-state index contributed by atoms with van der Waals surface area (Å²) in [6, 6.07) is 9.91. The molecule has 36 heavy (non-hydrogen) atoms. The van der Waals surface area contributed by atoms with Gasteiger partial charge in [-0.15, -0.1) is 0 Å². The second-order valence-electron chi connectivity index (χ2n) is 10.2. The van der Waals surface area contributed by atoms with Crippen LogP contribution in [0.5, 0.6) is 23.0 Å². The zero-order valence-corrected chi connectivity index (χ0v) is 21.9. The average molecular weight is 515 g/mol. The number of rotatable bonds is 7. The van der Waals surface area contributed by atoms with E-state index < -0.39 is 0 Å². The van der Waals surface area contributed by atoms with Crippen LogP contribution in [0.25, 0.3) is 0 Å². The minimum Gasteiger partial charge on any atom is -0.489 e. The Hall–Kier alpha value is -2.64. The molecule has 0 spiro atoms. The fourth-order valence-electron chi connectivity index (χ4n) is 5.20. The summed E-state index contributed by atoms with van der Waals surface area (Å²) in [4.78, 5) is 18.0. The van der Waals surface area contributed by atoms with Crippen LogP contribution >= 0.6 is 11.6 Å². The first-order chi connectivity index (χ1) is 17.5. The van der Waals surface area contributed by atoms with Crippen LogP contribution in [0.3, 0.4) is 0 Å². The monoisotopic (exact) mass is 514 g/mol. The van der Waals surface area contributed by atoms with Gasteiger partial charge >= 0.3 is 0 Å². The Labute approximate surface area is 218 Å². The van der Waals surface area contributed by atoms with Crippen molar-refractivity contribution in [1.29, 1.82) is 0 Å². The molecule has 3 aliphatic heterocycles. The van der Waals surface area contributed by atoms with Gasteiger partial charge in [-0.1, -0.05) is 37.6 Å². The first kappa shape index (κ1) is 25.0. The maximum Gasteiger partial charge on any atom is 0.227 e. The number of halogens is 1. The average Bonchev–Trinajstić information content (AvgIpc) is 3.19. The molecular weight excluding hydrogens is 480 g/mol. The van der Waals surface area contributed by atoms with Gasteiger partial charge in [-0.05, 0) is 42.6 Å². The summed E-state index contributed by atoms with van der Waals surface area (Å²) in [5.41, 5.74) is 2.07. The van der Waals surface area contributed by atoms with Crippen LogP contribution in [0, 0.1) is 11.8 Å². The van der Waals surface area contributed by atoms with E-state index >= 15 is 0 Å². The number of para-hydroxylation sites is 1. The number of ether oxygens (including phenoxy) is 4. The highest BCUT2D eigenvalue weighted by Crippen LogP contribution is 2.39. The molecule has 1 saturated heterocycles. The lowest BCUT2D eigenvalue weighted by Gasteiger charge is -2.28. The number of likely N-dealkylation sites (tertiary alicyclic amines) is 1. The van der Waals surface area contributed by atoms with Crippen LogP contribution in [-0.2, 0) is 17.9 Å². The molecule has 0 bridgehead atoms. The molecule has 7 nitrogen and oxygen atoms in total. The highest BCUT2D eigenvalue weighted by atomic mass is 35.5. The van der Waals surface area contributed by atoms with E-state index in [0.29, 0.717) is 62.0 Å². The smallest absolute Gasteiger partial charge is 0.227 e. The Kier molecular flexibility index (Phi) is 7.77. The van der Waals surface area contributed by atoms with Crippen molar-refractivity contribution in [2.75, 3.05) is 46.1 Å². The first-order valence-corrected chi connectivity index (χ1v) is 13.3. The lowest BCUT2D eigenvalue weighted by molar-refractivity contribution is -0.136. The van der Waals surface area contributed by atoms with Crippen molar-refractivity contribution >= 4 is 17.5 Å². The van der Waals surface area contributed by atoms with Crippen LogP contribution in [0.1, 0.15) is 37.8 Å². The number of amides is 1. The molecule has 0 N–H and O–H groups in total. The molecule has 0 radical (unpaired) electrons. The van der Waals surface area contributed by atoms with Crippen LogP contribution < -0.4 is 18.9 Å². The van der Waals surface area contributed by atoms with Crippen LogP contribution in [-0.4, -0.2) is 61.8 Å². The van der Waals surface area contributed by atoms with E-state index in [9.17, 15) is 4.79 Å². The number of nitrogens with zero attached hydrogens (tertiary/aromatic N) is 2. The normalized spacial score (nSPS) is 19.3. The van der Waals surface area contributed by atoms with E-state index in [-0.39, 0.29) is 11.8 Å². The molecule has 0 unspecified atom stereocenters. The van der Waals surface area contributed by atoms with E-state index in [2.05, 4.69) is 24.8 Å². The lowest BCUT2D eigenvalue weighted by Crippen LogP contribution is -2.39. The summed E-state index contributed by atoms with van der Waals surface area (Å²) in [6.45, 7) is 10.2. The number of carbonyl (C=O) groups is 1. The molecule has 3 heterocycles. The molecule has 2 aromatic carbocycles. The van der Waals surface area contributed by atoms with E-state index in [0.717, 1.165) is 55.1 Å². The predicted molar refractivity (Wildman–Crippen MR) is 138 cm³/mol. The highest BCUT2D eigenvalue weighted by Gasteiger charge is 2.33. The Morgan fingerprint density at radius 2 is 1.83 bits per heavy atom. The van der Waals surface area contributed by atoms with Crippen molar-refractivity contribution in [3.05, 3.63) is 46.5 Å². The maximum atomic E-state index is 13.7. The first-order valence-electron chi connectivity index (χ1n) is 12.9. The zero-order chi connectivity index (χ0) is 25.1. The lowest BCUT2D eigenvalue weighted by atomic mass is 10.0. The maximum absolute atomic E-state index is 13.7. The van der Waals surface area contributed by atoms with Crippen molar-refractivity contribution < 1.29 is 23.7 Å². The molecule has 5 rings (SSSR count). The fraction of sp³-hybridized carbons (Fsp3) is 0.536. The molecule has 3 aliphatic rings. The minimum absolute atomic E-state index is 0.0312. The van der Waals surface area contributed by atoms with Gasteiger partial charge in [0.15, 0.2) is 23.0 Å². The van der Waals surface area contributed by atoms with Gasteiger partial charge in [0, 0.05) is 38.2 Å². The molecule has 2 aromatic rings. The van der Waals surface area contributed by atoms with E-state index in [4.69, 9.17) is 30.5 Å². The number of hydrogen-bond donors (Lipinski definition) is 0. The summed E-state index contributed by atoms with van der Waals surface area (Å²) in [7, 11) is 0. The Morgan fingerprint density at radius 3 is 2.69 bits per heavy atom. The SMILES string of the molecule is CC(C)CN(Cc1cc(Cl)c2c(c1)OCCCO2)C(=O)[C@@H]1CCN(Cc2cccc3c2OCCO3)C1. The van der Waals surface area contributed by atoms with Crippen LogP contribution in [0.2, 0.25) is 5.02 Å². The van der Waals surface area contributed by atoms with E-state index in [1.165, 1.54) is 0 Å². The highest BCUT2D eigenvalue weighted by molar-refractivity contribution is 6.32. The second kappa shape index (κ2) is 11.2. The molecule has 0 saturated carbocycles. The van der Waals surface area contributed by atoms with Crippen molar-refractivity contribution in [3.63, 3.8) is 0 Å². The second-order valence-corrected chi connectivity index (χ2v) is 10.6. The van der Waals surface area contributed by atoms with E-state index in [1.54, 1.807) is 0 Å². The summed E-state index contributed by atoms with van der Waals surface area (Å²) < 4.78 is 23.3. The topological polar surface area (TPSA) is 60.5 Å². The summed E-state index contributed by atoms with van der Waals surface area (Å²) in [5.74, 6) is 3.43. The molecule has 194 valence electrons. The third kappa shape index (κ3) is 5.68. The van der Waals surface area contributed by atoms with Gasteiger partial charge in [0.05, 0.1) is 24.2 Å². The third-order valence-corrected chi connectivity index (χ3v) is 7.08. The molecule has 0 aliphatic carbocycles. The third-order valence-electron chi connectivity index (χ3n) is 6.80. The van der Waals surface area contributed by atoms with Crippen LogP contribution in [0.15, 0.2) is 30.3 Å². The quantitative estimate of drug-likeness (QED) is 0.530. The largest absolute Gasteiger partial charge is 0.489 e. The predicted octanol–water partition coefficient (Wildman–Crippen LogP) is 4.78. The van der Waals surface area contributed by atoms with Gasteiger partial charge in [0.25, 0.3) is 0 Å². The molecule has 8 heteroatoms. The standard InChI is InChI=1S/C28H35ClN2O5/c1-19(2)15-31(16-20-13-23(29)27-25(14-20)33-9-4-10-35-27)28(32)22-7-8-30(18-22)17-21-5-3-6-24-26(21)36-12-11-34-24/h3,5-6,13-14,19,22H,4,7-12,15-18H2,1-2H3/t22-/m1/s1. The minimum atomic E-state index is -0.0312. The van der Waals surface area contributed by atoms with Crippen molar-refractivity contribution in [2.45, 2.75) is 39.8 Å². The van der Waals surface area contributed by atoms with Gasteiger partial charge in [-0.3, -0.25) is 9.69 Å². The summed E-state index contributed by atoms with van der Waals surface area (Å²) in [6.07, 6.45) is 1.67. The van der Waals surface area contributed by atoms with E-state index in [1.807, 2.05) is 29.2 Å². The Bertz CT molecular complexity index is 1090. The number of hydrogen-bond acceptors (Lipinski definition) is 6. The van der Waals surface area contributed by atoms with Gasteiger partial charge in [0.1, 0.15) is 13.2 Å². The Balaban J connectivity index is 1.27. The molecule has 1 fully saturated rings. The van der Waals surface area contributed by atoms with Crippen LogP contribution in [0.4, 0.5) is 0 Å². The van der Waals surface area contributed by atoms with Gasteiger partial charge in [0.2, 0.25) is 5.91 Å². The number of fused-ring (bicyclic) bond motifs is 2. The molecule has 0 aromatic heterocycles. The van der Waals surface area contributed by atoms with Crippen molar-refractivity contribution in [2.24, 2.45) is 11.8 Å². The van der Waals surface area contributed by atoms with Gasteiger partial charge in [-0.2, -0.15) is 0 Å². The fourth-order valence-corrected chi connectivity index (χ4v) is 5.49. The number of carbonyl (C=O) groups excluding carboxylic acids is 1. The zero-order valence-electron chi connectivity index (χ0n) is 21.1. The molecule has 1 atom stereocenters. The Morgan fingerprint density at radius 1 is 1.06 bits per heavy atom. The van der Waals surface area contributed by atoms with Crippen molar-refractivity contribution in [3.8, 4) is 23.0 Å². The number of benzene rings is 2. The molecular formula is C28H35ClN2O5. The van der Waals surface area contributed by atoms with Crippen molar-refractivity contribution in [1.82, 2.24) is 9.80 Å². The van der Waals surface area contributed by atoms with Gasteiger partial charge < -0.3 is 23.8 Å². The summed E-state index contributed by atoms with van der Waals surface area (Å²) >= 11 is 6.53. The summed E-state index contributed by atoms with van der Waals surface area (Å²) in [5, 5.41) is 0.533. The van der Waals surface area contributed by atoms with Gasteiger partial charge in [-0.25, -0.2) is 0 Å².